The standard InChI is InChI=1S/C12H20N2O7/c1-4-21-10(17)6-14(7(2)3)12(20)13-8(11(18)19)5-9(15)16/h7-8H,4-6H2,1-3H3,(H,13,20)(H,15,16)(H,18,19)/t8-/m1/s1. The van der Waals surface area contributed by atoms with E-state index in [1.54, 1.807) is 20.8 Å². The monoisotopic (exact) mass is 304 g/mol. The molecule has 120 valence electrons. The summed E-state index contributed by atoms with van der Waals surface area (Å²) in [6, 6.07) is -2.81. The van der Waals surface area contributed by atoms with Crippen LogP contribution in [-0.2, 0) is 19.1 Å². The van der Waals surface area contributed by atoms with E-state index in [2.05, 4.69) is 5.32 Å². The Bertz CT molecular complexity index is 408. The zero-order valence-electron chi connectivity index (χ0n) is 12.2. The maximum absolute atomic E-state index is 12.0. The van der Waals surface area contributed by atoms with E-state index in [4.69, 9.17) is 14.9 Å². The molecule has 0 aliphatic carbocycles. The van der Waals surface area contributed by atoms with E-state index >= 15 is 0 Å². The van der Waals surface area contributed by atoms with Crippen molar-refractivity contribution < 1.29 is 34.1 Å². The quantitative estimate of drug-likeness (QED) is 0.533. The van der Waals surface area contributed by atoms with Gasteiger partial charge in [-0.1, -0.05) is 0 Å². The Morgan fingerprint density at radius 1 is 1.19 bits per heavy atom. The molecule has 9 nitrogen and oxygen atoms in total. The minimum atomic E-state index is -1.57. The Morgan fingerprint density at radius 3 is 2.14 bits per heavy atom. The number of carboxylic acids is 2. The number of carbonyl (C=O) groups excluding carboxylic acids is 2. The number of nitrogens with one attached hydrogen (secondary N) is 1. The summed E-state index contributed by atoms with van der Waals surface area (Å²) in [4.78, 5) is 45.9. The van der Waals surface area contributed by atoms with Crippen LogP contribution >= 0.6 is 0 Å². The second-order valence-electron chi connectivity index (χ2n) is 4.46. The van der Waals surface area contributed by atoms with Crippen LogP contribution in [0.3, 0.4) is 0 Å². The van der Waals surface area contributed by atoms with Crippen molar-refractivity contribution in [2.75, 3.05) is 13.2 Å². The van der Waals surface area contributed by atoms with Gasteiger partial charge in [0.15, 0.2) is 0 Å². The Balaban J connectivity index is 4.83. The Hall–Kier alpha value is -2.32. The predicted octanol–water partition coefficient (Wildman–Crippen LogP) is -0.103. The van der Waals surface area contributed by atoms with Gasteiger partial charge in [-0.3, -0.25) is 9.59 Å². The Kier molecular flexibility index (Phi) is 7.80. The molecular formula is C12H20N2O7. The van der Waals surface area contributed by atoms with Gasteiger partial charge in [0, 0.05) is 6.04 Å². The van der Waals surface area contributed by atoms with Crippen molar-refractivity contribution in [3.63, 3.8) is 0 Å². The summed E-state index contributed by atoms with van der Waals surface area (Å²) in [6.45, 7) is 4.68. The molecule has 0 fully saturated rings. The molecule has 0 rings (SSSR count). The van der Waals surface area contributed by atoms with Crippen molar-refractivity contribution in [1.29, 1.82) is 0 Å². The van der Waals surface area contributed by atoms with Gasteiger partial charge in [-0.25, -0.2) is 9.59 Å². The zero-order chi connectivity index (χ0) is 16.6. The van der Waals surface area contributed by atoms with Crippen molar-refractivity contribution in [3.05, 3.63) is 0 Å². The second kappa shape index (κ2) is 8.77. The van der Waals surface area contributed by atoms with E-state index in [1.165, 1.54) is 0 Å². The van der Waals surface area contributed by atoms with Gasteiger partial charge in [-0.15, -0.1) is 0 Å². The number of aliphatic carboxylic acids is 2. The fraction of sp³-hybridized carbons (Fsp3) is 0.667. The third-order valence-electron chi connectivity index (χ3n) is 2.46. The molecule has 9 heteroatoms. The molecule has 21 heavy (non-hydrogen) atoms. The lowest BCUT2D eigenvalue weighted by atomic mass is 10.2. The Morgan fingerprint density at radius 2 is 1.76 bits per heavy atom. The summed E-state index contributed by atoms with van der Waals surface area (Å²) in [5.41, 5.74) is 0. The number of carboxylic acid groups (broad SMARTS) is 2. The molecule has 0 bridgehead atoms. The van der Waals surface area contributed by atoms with E-state index < -0.39 is 42.4 Å². The molecule has 0 spiro atoms. The van der Waals surface area contributed by atoms with E-state index in [9.17, 15) is 19.2 Å². The highest BCUT2D eigenvalue weighted by atomic mass is 16.5. The van der Waals surface area contributed by atoms with Crippen LogP contribution in [0.15, 0.2) is 0 Å². The van der Waals surface area contributed by atoms with Crippen molar-refractivity contribution in [1.82, 2.24) is 10.2 Å². The highest BCUT2D eigenvalue weighted by Crippen LogP contribution is 2.02. The van der Waals surface area contributed by atoms with Crippen LogP contribution < -0.4 is 5.32 Å². The topological polar surface area (TPSA) is 133 Å². The van der Waals surface area contributed by atoms with Crippen molar-refractivity contribution in [2.24, 2.45) is 0 Å². The van der Waals surface area contributed by atoms with Crippen molar-refractivity contribution in [2.45, 2.75) is 39.3 Å². The number of nitrogens with zero attached hydrogens (tertiary/aromatic N) is 1. The van der Waals surface area contributed by atoms with E-state index in [-0.39, 0.29) is 13.2 Å². The van der Waals surface area contributed by atoms with Gasteiger partial charge >= 0.3 is 23.9 Å². The summed E-state index contributed by atoms with van der Waals surface area (Å²) in [6.07, 6.45) is -0.758. The van der Waals surface area contributed by atoms with Crippen LogP contribution in [0.2, 0.25) is 0 Å². The molecule has 0 unspecified atom stereocenters. The van der Waals surface area contributed by atoms with Crippen LogP contribution in [0.4, 0.5) is 4.79 Å². The number of urea groups is 1. The largest absolute Gasteiger partial charge is 0.481 e. The molecule has 0 aliphatic heterocycles. The number of ether oxygens (including phenoxy) is 1. The fourth-order valence-corrected chi connectivity index (χ4v) is 1.44. The van der Waals surface area contributed by atoms with E-state index in [0.717, 1.165) is 4.90 Å². The van der Waals surface area contributed by atoms with Crippen LogP contribution in [0.25, 0.3) is 0 Å². The number of rotatable bonds is 8. The number of amides is 2. The molecule has 0 aliphatic rings. The second-order valence-corrected chi connectivity index (χ2v) is 4.46. The molecule has 0 aromatic carbocycles. The summed E-state index contributed by atoms with van der Waals surface area (Å²) in [5.74, 6) is -3.46. The molecular weight excluding hydrogens is 284 g/mol. The first-order valence-electron chi connectivity index (χ1n) is 6.36. The van der Waals surface area contributed by atoms with Gasteiger partial charge < -0.3 is 25.2 Å². The molecule has 2 amide bonds. The van der Waals surface area contributed by atoms with Gasteiger partial charge in [0.2, 0.25) is 0 Å². The highest BCUT2D eigenvalue weighted by molar-refractivity contribution is 5.87. The number of carbonyl (C=O) groups is 4. The summed E-state index contributed by atoms with van der Waals surface area (Å²) in [7, 11) is 0. The minimum Gasteiger partial charge on any atom is -0.481 e. The van der Waals surface area contributed by atoms with Crippen LogP contribution in [-0.4, -0.2) is 64.3 Å². The summed E-state index contributed by atoms with van der Waals surface area (Å²) >= 11 is 0. The van der Waals surface area contributed by atoms with Gasteiger partial charge in [0.05, 0.1) is 13.0 Å². The lowest BCUT2D eigenvalue weighted by Gasteiger charge is -2.27. The smallest absolute Gasteiger partial charge is 0.326 e. The predicted molar refractivity (Wildman–Crippen MR) is 70.7 cm³/mol. The zero-order valence-corrected chi connectivity index (χ0v) is 12.2. The molecule has 0 heterocycles. The lowest BCUT2D eigenvalue weighted by molar-refractivity contribution is -0.146. The minimum absolute atomic E-state index is 0.156. The third-order valence-corrected chi connectivity index (χ3v) is 2.46. The number of esters is 1. The first-order valence-corrected chi connectivity index (χ1v) is 6.36. The van der Waals surface area contributed by atoms with Crippen LogP contribution in [0.5, 0.6) is 0 Å². The maximum atomic E-state index is 12.0. The average Bonchev–Trinajstić information content (AvgIpc) is 2.34. The number of hydrogen-bond donors (Lipinski definition) is 3. The van der Waals surface area contributed by atoms with Crippen LogP contribution in [0.1, 0.15) is 27.2 Å². The summed E-state index contributed by atoms with van der Waals surface area (Å²) in [5, 5.41) is 19.6. The summed E-state index contributed by atoms with van der Waals surface area (Å²) < 4.78 is 4.72. The average molecular weight is 304 g/mol. The molecule has 0 aromatic heterocycles. The normalized spacial score (nSPS) is 11.6. The molecule has 0 saturated carbocycles. The van der Waals surface area contributed by atoms with Gasteiger partial charge in [0.25, 0.3) is 0 Å². The van der Waals surface area contributed by atoms with Gasteiger partial charge in [-0.05, 0) is 20.8 Å². The third kappa shape index (κ3) is 7.14. The first kappa shape index (κ1) is 18.7. The highest BCUT2D eigenvalue weighted by Gasteiger charge is 2.27. The van der Waals surface area contributed by atoms with Crippen LogP contribution in [0, 0.1) is 0 Å². The van der Waals surface area contributed by atoms with E-state index in [0.29, 0.717) is 0 Å². The van der Waals surface area contributed by atoms with Crippen molar-refractivity contribution >= 4 is 23.9 Å². The maximum Gasteiger partial charge on any atom is 0.326 e. The first-order chi connectivity index (χ1) is 9.68. The van der Waals surface area contributed by atoms with Gasteiger partial charge in [-0.2, -0.15) is 0 Å². The van der Waals surface area contributed by atoms with Crippen molar-refractivity contribution in [3.8, 4) is 0 Å². The van der Waals surface area contributed by atoms with Gasteiger partial charge in [0.1, 0.15) is 12.6 Å². The number of hydrogen-bond acceptors (Lipinski definition) is 5. The molecule has 1 atom stereocenters. The molecule has 3 N–H and O–H groups in total. The fourth-order valence-electron chi connectivity index (χ4n) is 1.44. The molecule has 0 saturated heterocycles. The van der Waals surface area contributed by atoms with E-state index in [1.807, 2.05) is 0 Å². The lowest BCUT2D eigenvalue weighted by Crippen LogP contribution is -2.52. The Labute approximate surface area is 121 Å². The molecule has 0 radical (unpaired) electrons. The SMILES string of the molecule is CCOC(=O)CN(C(=O)N[C@H](CC(=O)O)C(=O)O)C(C)C. The molecule has 0 aromatic rings.